The van der Waals surface area contributed by atoms with Crippen molar-refractivity contribution in [3.63, 3.8) is 0 Å². The zero-order chi connectivity index (χ0) is 26.5. The van der Waals surface area contributed by atoms with Crippen molar-refractivity contribution < 1.29 is 18.7 Å². The number of amides is 1. The number of Topliss-reactive ketones (excluding diaryl/α,β-unsaturated/α-hetero) is 1. The Kier molecular flexibility index (Phi) is 8.51. The molecule has 1 fully saturated rings. The van der Waals surface area contributed by atoms with Gasteiger partial charge in [0.15, 0.2) is 5.78 Å². The van der Waals surface area contributed by atoms with Gasteiger partial charge in [-0.1, -0.05) is 17.9 Å². The zero-order valence-electron chi connectivity index (χ0n) is 21.7. The minimum Gasteiger partial charge on any atom is -0.444 e. The summed E-state index contributed by atoms with van der Waals surface area (Å²) >= 11 is 0. The van der Waals surface area contributed by atoms with Gasteiger partial charge < -0.3 is 20.3 Å². The summed E-state index contributed by atoms with van der Waals surface area (Å²) < 4.78 is 18.8. The number of nitrogens with zero attached hydrogens (tertiary/aromatic N) is 3. The van der Waals surface area contributed by atoms with Crippen LogP contribution in [0.2, 0.25) is 0 Å². The Morgan fingerprint density at radius 3 is 2.67 bits per heavy atom. The van der Waals surface area contributed by atoms with Crippen molar-refractivity contribution in [2.75, 3.05) is 24.7 Å². The topological polar surface area (TPSA) is 96.5 Å². The zero-order valence-corrected chi connectivity index (χ0v) is 21.7. The number of nitrogens with one attached hydrogen (secondary N) is 2. The van der Waals surface area contributed by atoms with Crippen molar-refractivity contribution in [3.05, 3.63) is 41.8 Å². The lowest BCUT2D eigenvalue weighted by Gasteiger charge is -2.33. The van der Waals surface area contributed by atoms with E-state index in [4.69, 9.17) is 4.74 Å². The normalized spacial score (nSPS) is 17.6. The van der Waals surface area contributed by atoms with Crippen molar-refractivity contribution in [3.8, 4) is 11.8 Å². The van der Waals surface area contributed by atoms with Crippen molar-refractivity contribution in [1.82, 2.24) is 14.9 Å². The van der Waals surface area contributed by atoms with Crippen LogP contribution in [0, 0.1) is 29.5 Å². The number of halogens is 1. The quantitative estimate of drug-likeness (QED) is 0.522. The number of aromatic nitrogens is 2. The van der Waals surface area contributed by atoms with E-state index in [9.17, 15) is 14.0 Å². The molecule has 1 aromatic heterocycles. The predicted molar refractivity (Wildman–Crippen MR) is 137 cm³/mol. The number of likely N-dealkylation sites (N-methyl/N-ethyl adjacent to an activating group) is 1. The second-order valence-electron chi connectivity index (χ2n) is 10.1. The Bertz CT molecular complexity index is 1160. The van der Waals surface area contributed by atoms with Crippen LogP contribution in [0.15, 0.2) is 30.5 Å². The summed E-state index contributed by atoms with van der Waals surface area (Å²) in [6, 6.07) is 5.53. The van der Waals surface area contributed by atoms with E-state index < -0.39 is 17.7 Å². The van der Waals surface area contributed by atoms with Crippen LogP contribution in [-0.4, -0.2) is 52.5 Å². The Morgan fingerprint density at radius 1 is 1.31 bits per heavy atom. The molecule has 3 rings (SSSR count). The van der Waals surface area contributed by atoms with E-state index in [-0.39, 0.29) is 23.4 Å². The second-order valence-corrected chi connectivity index (χ2v) is 10.1. The van der Waals surface area contributed by atoms with E-state index in [1.807, 2.05) is 0 Å². The Labute approximate surface area is 212 Å². The van der Waals surface area contributed by atoms with E-state index in [1.54, 1.807) is 60.1 Å². The first-order valence-electron chi connectivity index (χ1n) is 12.0. The van der Waals surface area contributed by atoms with Gasteiger partial charge in [-0.05, 0) is 64.7 Å². The summed E-state index contributed by atoms with van der Waals surface area (Å²) in [4.78, 5) is 35.0. The first-order chi connectivity index (χ1) is 16.9. The van der Waals surface area contributed by atoms with Crippen molar-refractivity contribution in [2.24, 2.45) is 11.8 Å². The first-order valence-corrected chi connectivity index (χ1v) is 12.0. The van der Waals surface area contributed by atoms with Crippen molar-refractivity contribution in [1.29, 1.82) is 0 Å². The SMILES string of the molecule is CNc1nc(Nc2cccc(F)c2)ncc1C#CC1CC(CC(=O)[C@H](C)N(C)C(=O)OC(C)(C)C)C1. The lowest BCUT2D eigenvalue weighted by atomic mass is 9.72. The minimum absolute atomic E-state index is 0.0204. The van der Waals surface area contributed by atoms with Gasteiger partial charge in [-0.15, -0.1) is 0 Å². The number of rotatable bonds is 7. The van der Waals surface area contributed by atoms with Crippen LogP contribution in [0.25, 0.3) is 0 Å². The van der Waals surface area contributed by atoms with Crippen molar-refractivity contribution >= 4 is 29.3 Å². The van der Waals surface area contributed by atoms with Gasteiger partial charge >= 0.3 is 6.09 Å². The number of hydrogen-bond acceptors (Lipinski definition) is 7. The monoisotopic (exact) mass is 495 g/mol. The maximum atomic E-state index is 13.4. The van der Waals surface area contributed by atoms with Gasteiger partial charge in [0, 0.05) is 32.1 Å². The standard InChI is InChI=1S/C27H34FN5O3/c1-17(33(6)26(35)36-27(2,3)4)23(34)14-19-12-18(13-19)10-11-20-16-30-25(32-24(20)29-5)31-22-9-7-8-21(28)15-22/h7-9,15-19H,12-14H2,1-6H3,(H2,29,30,31,32)/t17-,18?,19?/m0/s1. The number of carbonyl (C=O) groups is 2. The molecule has 0 radical (unpaired) electrons. The maximum Gasteiger partial charge on any atom is 0.410 e. The fraction of sp³-hybridized carbons (Fsp3) is 0.481. The Morgan fingerprint density at radius 2 is 2.03 bits per heavy atom. The summed E-state index contributed by atoms with van der Waals surface area (Å²) in [6.45, 7) is 7.12. The average molecular weight is 496 g/mol. The predicted octanol–water partition coefficient (Wildman–Crippen LogP) is 4.99. The number of ether oxygens (including phenoxy) is 1. The first kappa shape index (κ1) is 26.9. The van der Waals surface area contributed by atoms with Gasteiger partial charge in [0.2, 0.25) is 5.95 Å². The average Bonchev–Trinajstić information content (AvgIpc) is 2.78. The lowest BCUT2D eigenvalue weighted by Crippen LogP contribution is -2.44. The van der Waals surface area contributed by atoms with E-state index in [2.05, 4.69) is 32.4 Å². The van der Waals surface area contributed by atoms with Gasteiger partial charge in [-0.3, -0.25) is 4.79 Å². The molecular formula is C27H34FN5O3. The summed E-state index contributed by atoms with van der Waals surface area (Å²) in [5.41, 5.74) is 0.608. The molecule has 192 valence electrons. The summed E-state index contributed by atoms with van der Waals surface area (Å²) in [5, 5.41) is 6.00. The third-order valence-corrected chi connectivity index (χ3v) is 5.97. The van der Waals surface area contributed by atoms with Gasteiger partial charge in [0.25, 0.3) is 0 Å². The highest BCUT2D eigenvalue weighted by Crippen LogP contribution is 2.36. The molecule has 1 aliphatic carbocycles. The maximum absolute atomic E-state index is 13.4. The van der Waals surface area contributed by atoms with Crippen LogP contribution in [0.5, 0.6) is 0 Å². The number of benzene rings is 1. The number of hydrogen-bond donors (Lipinski definition) is 2. The molecule has 0 saturated heterocycles. The largest absolute Gasteiger partial charge is 0.444 e. The van der Waals surface area contributed by atoms with Crippen LogP contribution in [0.1, 0.15) is 52.5 Å². The van der Waals surface area contributed by atoms with E-state index >= 15 is 0 Å². The Balaban J connectivity index is 1.52. The van der Waals surface area contributed by atoms with E-state index in [1.165, 1.54) is 17.0 Å². The minimum atomic E-state index is -0.607. The second kappa shape index (κ2) is 11.4. The molecule has 8 nitrogen and oxygen atoms in total. The molecule has 2 aromatic rings. The number of ketones is 1. The molecular weight excluding hydrogens is 461 g/mol. The third kappa shape index (κ3) is 7.41. The molecule has 1 aliphatic rings. The lowest BCUT2D eigenvalue weighted by molar-refractivity contribution is -0.125. The molecule has 1 aromatic carbocycles. The molecule has 1 atom stereocenters. The summed E-state index contributed by atoms with van der Waals surface area (Å²) in [7, 11) is 3.34. The highest BCUT2D eigenvalue weighted by molar-refractivity contribution is 5.87. The van der Waals surface area contributed by atoms with Crippen molar-refractivity contribution in [2.45, 2.75) is 58.6 Å². The van der Waals surface area contributed by atoms with E-state index in [0.29, 0.717) is 29.4 Å². The van der Waals surface area contributed by atoms with Crippen LogP contribution in [0.4, 0.5) is 26.6 Å². The van der Waals surface area contributed by atoms with Crippen LogP contribution >= 0.6 is 0 Å². The fourth-order valence-corrected chi connectivity index (χ4v) is 3.78. The molecule has 0 bridgehead atoms. The molecule has 2 N–H and O–H groups in total. The smallest absolute Gasteiger partial charge is 0.410 e. The van der Waals surface area contributed by atoms with Crippen LogP contribution < -0.4 is 10.6 Å². The molecule has 1 heterocycles. The molecule has 0 unspecified atom stereocenters. The fourth-order valence-electron chi connectivity index (χ4n) is 3.78. The molecule has 1 amide bonds. The Hall–Kier alpha value is -3.67. The molecule has 0 aliphatic heterocycles. The van der Waals surface area contributed by atoms with Gasteiger partial charge in [-0.2, -0.15) is 4.98 Å². The van der Waals surface area contributed by atoms with Crippen LogP contribution in [-0.2, 0) is 9.53 Å². The van der Waals surface area contributed by atoms with Gasteiger partial charge in [0.05, 0.1) is 17.8 Å². The molecule has 1 saturated carbocycles. The van der Waals surface area contributed by atoms with Gasteiger partial charge in [-0.25, -0.2) is 14.2 Å². The highest BCUT2D eigenvalue weighted by Gasteiger charge is 2.33. The molecule has 0 spiro atoms. The number of carbonyl (C=O) groups excluding carboxylic acids is 2. The number of anilines is 3. The van der Waals surface area contributed by atoms with Gasteiger partial charge in [0.1, 0.15) is 17.2 Å². The summed E-state index contributed by atoms with van der Waals surface area (Å²) in [6.07, 6.45) is 3.20. The summed E-state index contributed by atoms with van der Waals surface area (Å²) in [5.74, 6) is 7.41. The molecule has 9 heteroatoms. The van der Waals surface area contributed by atoms with E-state index in [0.717, 1.165) is 12.8 Å². The third-order valence-electron chi connectivity index (χ3n) is 5.97. The van der Waals surface area contributed by atoms with Crippen LogP contribution in [0.3, 0.4) is 0 Å². The molecule has 36 heavy (non-hydrogen) atoms. The highest BCUT2D eigenvalue weighted by atomic mass is 19.1.